The van der Waals surface area contributed by atoms with Gasteiger partial charge in [-0.1, -0.05) is 65.9 Å². The number of amides is 1. The first kappa shape index (κ1) is 20.0. The topological polar surface area (TPSA) is 38.3 Å². The van der Waals surface area contributed by atoms with E-state index in [1.54, 1.807) is 0 Å². The lowest BCUT2D eigenvalue weighted by atomic mass is 10.1. The van der Waals surface area contributed by atoms with Gasteiger partial charge in [0.1, 0.15) is 0 Å². The predicted octanol–water partition coefficient (Wildman–Crippen LogP) is 4.82. The van der Waals surface area contributed by atoms with Crippen molar-refractivity contribution < 1.29 is 9.53 Å². The van der Waals surface area contributed by atoms with Crippen LogP contribution in [0.3, 0.4) is 0 Å². The normalized spacial score (nSPS) is 12.0. The number of hydrogen-bond donors (Lipinski definition) is 1. The summed E-state index contributed by atoms with van der Waals surface area (Å²) in [5, 5.41) is 2.93. The van der Waals surface area contributed by atoms with Gasteiger partial charge >= 0.3 is 0 Å². The Morgan fingerprint density at radius 2 is 1.67 bits per heavy atom. The Morgan fingerprint density at radius 3 is 2.33 bits per heavy atom. The minimum atomic E-state index is 0.0896. The van der Waals surface area contributed by atoms with Gasteiger partial charge < -0.3 is 10.1 Å². The first-order chi connectivity index (χ1) is 10.1. The Balaban J connectivity index is 3.58. The van der Waals surface area contributed by atoms with Crippen molar-refractivity contribution in [3.05, 3.63) is 12.3 Å². The molecule has 21 heavy (non-hydrogen) atoms. The first-order valence-electron chi connectivity index (χ1n) is 8.70. The molecule has 1 amide bonds. The fraction of sp³-hybridized carbons (Fsp3) is 0.833. The summed E-state index contributed by atoms with van der Waals surface area (Å²) in [6.45, 7) is 11.8. The van der Waals surface area contributed by atoms with Gasteiger partial charge in [-0.3, -0.25) is 4.79 Å². The van der Waals surface area contributed by atoms with E-state index < -0.39 is 0 Å². The van der Waals surface area contributed by atoms with E-state index in [1.165, 1.54) is 32.1 Å². The molecule has 0 aromatic carbocycles. The number of ether oxygens (including phenoxy) is 1. The molecule has 1 unspecified atom stereocenters. The summed E-state index contributed by atoms with van der Waals surface area (Å²) in [4.78, 5) is 11.7. The van der Waals surface area contributed by atoms with Crippen LogP contribution < -0.4 is 5.32 Å². The predicted molar refractivity (Wildman–Crippen MR) is 90.2 cm³/mol. The van der Waals surface area contributed by atoms with Crippen LogP contribution in [-0.4, -0.2) is 19.1 Å². The van der Waals surface area contributed by atoms with E-state index in [4.69, 9.17) is 4.74 Å². The molecule has 124 valence electrons. The van der Waals surface area contributed by atoms with Gasteiger partial charge in [0.2, 0.25) is 5.91 Å². The molecule has 0 aliphatic heterocycles. The lowest BCUT2D eigenvalue weighted by Gasteiger charge is -2.16. The highest BCUT2D eigenvalue weighted by Crippen LogP contribution is 2.15. The molecule has 0 heterocycles. The van der Waals surface area contributed by atoms with E-state index in [-0.39, 0.29) is 11.8 Å². The van der Waals surface area contributed by atoms with E-state index in [9.17, 15) is 4.79 Å². The first-order valence-corrected chi connectivity index (χ1v) is 8.70. The van der Waals surface area contributed by atoms with Crippen molar-refractivity contribution in [3.8, 4) is 0 Å². The van der Waals surface area contributed by atoms with Crippen LogP contribution in [0.1, 0.15) is 78.6 Å². The standard InChI is InChI=1S/C18H35NO2/c1-5-7-9-10-11-12-14-21-17(4)16(3)15-18(20)19-13-8-6-2/h16H,4-15H2,1-3H3,(H,19,20). The second kappa shape index (κ2) is 14.0. The van der Waals surface area contributed by atoms with Crippen molar-refractivity contribution in [1.82, 2.24) is 5.32 Å². The third-order valence-electron chi connectivity index (χ3n) is 3.68. The highest BCUT2D eigenvalue weighted by Gasteiger charge is 2.12. The Hall–Kier alpha value is -0.990. The minimum absolute atomic E-state index is 0.0896. The molecular formula is C18H35NO2. The van der Waals surface area contributed by atoms with Crippen molar-refractivity contribution in [3.63, 3.8) is 0 Å². The average Bonchev–Trinajstić information content (AvgIpc) is 2.46. The number of nitrogens with one attached hydrogen (secondary N) is 1. The summed E-state index contributed by atoms with van der Waals surface area (Å²) in [6.07, 6.45) is 10.1. The number of carbonyl (C=O) groups is 1. The number of hydrogen-bond acceptors (Lipinski definition) is 2. The average molecular weight is 297 g/mol. The zero-order chi connectivity index (χ0) is 15.9. The maximum absolute atomic E-state index is 11.7. The molecule has 3 nitrogen and oxygen atoms in total. The van der Waals surface area contributed by atoms with Crippen molar-refractivity contribution in [1.29, 1.82) is 0 Å². The number of allylic oxidation sites excluding steroid dienone is 1. The smallest absolute Gasteiger partial charge is 0.220 e. The fourth-order valence-corrected chi connectivity index (χ4v) is 2.10. The molecule has 0 bridgehead atoms. The van der Waals surface area contributed by atoms with Crippen LogP contribution in [0.4, 0.5) is 0 Å². The van der Waals surface area contributed by atoms with Gasteiger partial charge in [-0.15, -0.1) is 0 Å². The van der Waals surface area contributed by atoms with E-state index in [0.29, 0.717) is 6.42 Å². The molecule has 0 aliphatic carbocycles. The fourth-order valence-electron chi connectivity index (χ4n) is 2.10. The monoisotopic (exact) mass is 297 g/mol. The molecule has 3 heteroatoms. The number of carbonyl (C=O) groups excluding carboxylic acids is 1. The van der Waals surface area contributed by atoms with Crippen LogP contribution in [0.15, 0.2) is 12.3 Å². The molecule has 0 aliphatic rings. The molecule has 1 atom stereocenters. The zero-order valence-corrected chi connectivity index (χ0v) is 14.4. The summed E-state index contributed by atoms with van der Waals surface area (Å²) >= 11 is 0. The van der Waals surface area contributed by atoms with Gasteiger partial charge in [0.25, 0.3) is 0 Å². The maximum atomic E-state index is 11.7. The second-order valence-electron chi connectivity index (χ2n) is 5.89. The molecule has 0 saturated carbocycles. The summed E-state index contributed by atoms with van der Waals surface area (Å²) in [7, 11) is 0. The van der Waals surface area contributed by atoms with E-state index in [1.807, 2.05) is 6.92 Å². The Labute approximate surface area is 131 Å². The molecule has 0 aromatic rings. The second-order valence-corrected chi connectivity index (χ2v) is 5.89. The highest BCUT2D eigenvalue weighted by atomic mass is 16.5. The van der Waals surface area contributed by atoms with Gasteiger partial charge in [-0.05, 0) is 12.8 Å². The van der Waals surface area contributed by atoms with Gasteiger partial charge in [-0.2, -0.15) is 0 Å². The minimum Gasteiger partial charge on any atom is -0.498 e. The molecule has 1 N–H and O–H groups in total. The van der Waals surface area contributed by atoms with E-state index in [0.717, 1.165) is 38.2 Å². The molecule has 0 aromatic heterocycles. The van der Waals surface area contributed by atoms with Crippen LogP contribution in [0.25, 0.3) is 0 Å². The Bertz CT molecular complexity index is 276. The molecule has 0 radical (unpaired) electrons. The van der Waals surface area contributed by atoms with Crippen LogP contribution in [-0.2, 0) is 9.53 Å². The molecule has 0 rings (SSSR count). The third-order valence-corrected chi connectivity index (χ3v) is 3.68. The maximum Gasteiger partial charge on any atom is 0.220 e. The SMILES string of the molecule is C=C(OCCCCCCCC)C(C)CC(=O)NCCCC. The summed E-state index contributed by atoms with van der Waals surface area (Å²) in [5.74, 6) is 0.932. The van der Waals surface area contributed by atoms with Crippen LogP contribution >= 0.6 is 0 Å². The number of rotatable bonds is 14. The van der Waals surface area contributed by atoms with E-state index >= 15 is 0 Å². The van der Waals surface area contributed by atoms with Crippen LogP contribution in [0, 0.1) is 5.92 Å². The molecular weight excluding hydrogens is 262 g/mol. The molecule has 0 saturated heterocycles. The van der Waals surface area contributed by atoms with Gasteiger partial charge in [0, 0.05) is 18.9 Å². The van der Waals surface area contributed by atoms with Gasteiger partial charge in [0.15, 0.2) is 0 Å². The van der Waals surface area contributed by atoms with E-state index in [2.05, 4.69) is 25.7 Å². The number of unbranched alkanes of at least 4 members (excludes halogenated alkanes) is 6. The lowest BCUT2D eigenvalue weighted by Crippen LogP contribution is -2.26. The lowest BCUT2D eigenvalue weighted by molar-refractivity contribution is -0.121. The van der Waals surface area contributed by atoms with Crippen molar-refractivity contribution >= 4 is 5.91 Å². The quantitative estimate of drug-likeness (QED) is 0.369. The largest absolute Gasteiger partial charge is 0.498 e. The van der Waals surface area contributed by atoms with Gasteiger partial charge in [0.05, 0.1) is 12.4 Å². The summed E-state index contributed by atoms with van der Waals surface area (Å²) in [6, 6.07) is 0. The van der Waals surface area contributed by atoms with Gasteiger partial charge in [-0.25, -0.2) is 0 Å². The van der Waals surface area contributed by atoms with Crippen molar-refractivity contribution in [2.45, 2.75) is 78.6 Å². The van der Waals surface area contributed by atoms with Crippen molar-refractivity contribution in [2.24, 2.45) is 5.92 Å². The summed E-state index contributed by atoms with van der Waals surface area (Å²) in [5.41, 5.74) is 0. The Kier molecular flexibility index (Phi) is 13.3. The Morgan fingerprint density at radius 1 is 1.05 bits per heavy atom. The molecule has 0 fully saturated rings. The highest BCUT2D eigenvalue weighted by molar-refractivity contribution is 5.76. The molecule has 0 spiro atoms. The van der Waals surface area contributed by atoms with Crippen LogP contribution in [0.2, 0.25) is 0 Å². The third kappa shape index (κ3) is 12.5. The van der Waals surface area contributed by atoms with Crippen molar-refractivity contribution in [2.75, 3.05) is 13.2 Å². The zero-order valence-electron chi connectivity index (χ0n) is 14.4. The van der Waals surface area contributed by atoms with Crippen LogP contribution in [0.5, 0.6) is 0 Å². The summed E-state index contributed by atoms with van der Waals surface area (Å²) < 4.78 is 5.66.